The second kappa shape index (κ2) is 9.36. The van der Waals surface area contributed by atoms with Crippen LogP contribution in [0.15, 0.2) is 60.7 Å². The van der Waals surface area contributed by atoms with Crippen LogP contribution in [0.4, 0.5) is 14.5 Å². The summed E-state index contributed by atoms with van der Waals surface area (Å²) >= 11 is 3.91. The molecule has 2 aromatic carbocycles. The van der Waals surface area contributed by atoms with Gasteiger partial charge in [0.2, 0.25) is 0 Å². The highest BCUT2D eigenvalue weighted by Crippen LogP contribution is 2.35. The van der Waals surface area contributed by atoms with Gasteiger partial charge in [0.15, 0.2) is 0 Å². The maximum Gasteiger partial charge on any atom is 0.348 e. The molecule has 0 aliphatic rings. The molecule has 0 saturated heterocycles. The average molecular weight is 394 g/mol. The molecule has 5 nitrogen and oxygen atoms in total. The van der Waals surface area contributed by atoms with Crippen LogP contribution in [0.3, 0.4) is 0 Å². The van der Waals surface area contributed by atoms with E-state index >= 15 is 8.78 Å². The number of carbonyl (C=O) groups is 2. The standard InChI is InChI=1S/C19H20F2N2O3S/c1-26-17(24)15(12-27)23-18(25)19(20,21)16(13-8-4-2-5-9-13)22-14-10-6-3-7-11-14/h2-11,15-16,22,27H,12H2,1H3,(H,23,25)/t15-,16?/m0/s1. The van der Waals surface area contributed by atoms with Gasteiger partial charge in [-0.15, -0.1) is 0 Å². The zero-order chi connectivity index (χ0) is 19.9. The molecule has 1 unspecified atom stereocenters. The van der Waals surface area contributed by atoms with Gasteiger partial charge in [-0.25, -0.2) is 4.79 Å². The summed E-state index contributed by atoms with van der Waals surface area (Å²) in [6, 6.07) is 13.4. The molecule has 144 valence electrons. The lowest BCUT2D eigenvalue weighted by molar-refractivity contribution is -0.153. The number of thiol groups is 1. The Morgan fingerprint density at radius 2 is 1.63 bits per heavy atom. The monoisotopic (exact) mass is 394 g/mol. The number of rotatable bonds is 8. The zero-order valence-corrected chi connectivity index (χ0v) is 15.5. The van der Waals surface area contributed by atoms with E-state index < -0.39 is 29.9 Å². The lowest BCUT2D eigenvalue weighted by atomic mass is 9.99. The van der Waals surface area contributed by atoms with E-state index in [1.165, 1.54) is 12.1 Å². The minimum absolute atomic E-state index is 0.170. The quantitative estimate of drug-likeness (QED) is 0.476. The Labute approximate surface area is 161 Å². The number of methoxy groups -OCH3 is 1. The van der Waals surface area contributed by atoms with E-state index in [2.05, 4.69) is 22.7 Å². The van der Waals surface area contributed by atoms with Crippen LogP contribution in [0.1, 0.15) is 11.6 Å². The van der Waals surface area contributed by atoms with Crippen molar-refractivity contribution < 1.29 is 23.1 Å². The number of halogens is 2. The van der Waals surface area contributed by atoms with Crippen molar-refractivity contribution >= 4 is 30.2 Å². The summed E-state index contributed by atoms with van der Waals surface area (Å²) in [6.45, 7) is 0. The molecule has 8 heteroatoms. The van der Waals surface area contributed by atoms with Crippen LogP contribution in [-0.2, 0) is 14.3 Å². The fourth-order valence-electron chi connectivity index (χ4n) is 2.44. The normalized spacial score (nSPS) is 13.3. The summed E-state index contributed by atoms with van der Waals surface area (Å²) in [6.07, 6.45) is 0. The second-order valence-electron chi connectivity index (χ2n) is 5.71. The van der Waals surface area contributed by atoms with Crippen molar-refractivity contribution in [1.29, 1.82) is 0 Å². The fraction of sp³-hybridized carbons (Fsp3) is 0.263. The molecule has 0 radical (unpaired) electrons. The number of esters is 1. The molecule has 0 aliphatic heterocycles. The van der Waals surface area contributed by atoms with E-state index in [1.807, 2.05) is 5.32 Å². The number of para-hydroxylation sites is 1. The predicted molar refractivity (Wildman–Crippen MR) is 102 cm³/mol. The van der Waals surface area contributed by atoms with Gasteiger partial charge in [0.25, 0.3) is 5.91 Å². The van der Waals surface area contributed by atoms with E-state index in [4.69, 9.17) is 0 Å². The highest BCUT2D eigenvalue weighted by molar-refractivity contribution is 7.80. The summed E-state index contributed by atoms with van der Waals surface area (Å²) in [5.74, 6) is -6.46. The molecular weight excluding hydrogens is 374 g/mol. The summed E-state index contributed by atoms with van der Waals surface area (Å²) < 4.78 is 34.6. The average Bonchev–Trinajstić information content (AvgIpc) is 2.70. The number of benzene rings is 2. The van der Waals surface area contributed by atoms with Crippen molar-refractivity contribution in [3.63, 3.8) is 0 Å². The van der Waals surface area contributed by atoms with Crippen molar-refractivity contribution in [2.45, 2.75) is 18.0 Å². The highest BCUT2D eigenvalue weighted by Gasteiger charge is 2.49. The van der Waals surface area contributed by atoms with Gasteiger partial charge in [0.1, 0.15) is 12.1 Å². The minimum Gasteiger partial charge on any atom is -0.467 e. The third kappa shape index (κ3) is 5.19. The third-order valence-corrected chi connectivity index (χ3v) is 4.22. The molecular formula is C19H20F2N2O3S. The van der Waals surface area contributed by atoms with Crippen LogP contribution in [0.2, 0.25) is 0 Å². The van der Waals surface area contributed by atoms with Crippen molar-refractivity contribution in [3.8, 4) is 0 Å². The van der Waals surface area contributed by atoms with Gasteiger partial charge >= 0.3 is 11.9 Å². The van der Waals surface area contributed by atoms with Crippen LogP contribution in [-0.4, -0.2) is 36.7 Å². The van der Waals surface area contributed by atoms with Gasteiger partial charge in [-0.3, -0.25) is 4.79 Å². The zero-order valence-electron chi connectivity index (χ0n) is 14.6. The first kappa shape index (κ1) is 20.7. The van der Waals surface area contributed by atoms with E-state index in [0.717, 1.165) is 7.11 Å². The Balaban J connectivity index is 2.31. The van der Waals surface area contributed by atoms with Gasteiger partial charge in [-0.1, -0.05) is 48.5 Å². The molecule has 0 spiro atoms. The van der Waals surface area contributed by atoms with Crippen molar-refractivity contribution in [3.05, 3.63) is 66.2 Å². The van der Waals surface area contributed by atoms with Crippen molar-refractivity contribution in [2.24, 2.45) is 0 Å². The Hall–Kier alpha value is -2.61. The SMILES string of the molecule is COC(=O)[C@H](CS)NC(=O)C(F)(F)C(Nc1ccccc1)c1ccccc1. The van der Waals surface area contributed by atoms with Gasteiger partial charge in [-0.2, -0.15) is 21.4 Å². The van der Waals surface area contributed by atoms with Crippen LogP contribution >= 0.6 is 12.6 Å². The molecule has 0 aromatic heterocycles. The third-order valence-electron chi connectivity index (χ3n) is 3.86. The Kier molecular flexibility index (Phi) is 7.18. The Morgan fingerprint density at radius 3 is 2.15 bits per heavy atom. The summed E-state index contributed by atoms with van der Waals surface area (Å²) in [7, 11) is 1.10. The fourth-order valence-corrected chi connectivity index (χ4v) is 2.68. The predicted octanol–water partition coefficient (Wildman–Crippen LogP) is 3.06. The summed E-state index contributed by atoms with van der Waals surface area (Å²) in [5, 5.41) is 4.72. The molecule has 2 rings (SSSR count). The molecule has 0 bridgehead atoms. The number of carbonyl (C=O) groups excluding carboxylic acids is 2. The van der Waals surface area contributed by atoms with Crippen LogP contribution < -0.4 is 10.6 Å². The molecule has 0 saturated carbocycles. The van der Waals surface area contributed by atoms with Crippen LogP contribution in [0, 0.1) is 0 Å². The number of nitrogens with one attached hydrogen (secondary N) is 2. The second-order valence-corrected chi connectivity index (χ2v) is 6.07. The first-order valence-electron chi connectivity index (χ1n) is 8.14. The lowest BCUT2D eigenvalue weighted by Crippen LogP contribution is -2.53. The van der Waals surface area contributed by atoms with Crippen molar-refractivity contribution in [2.75, 3.05) is 18.2 Å². The number of hydrogen-bond donors (Lipinski definition) is 3. The molecule has 2 N–H and O–H groups in total. The Bertz CT molecular complexity index is 760. The molecule has 0 fully saturated rings. The van der Waals surface area contributed by atoms with Gasteiger partial charge < -0.3 is 15.4 Å². The van der Waals surface area contributed by atoms with Crippen LogP contribution in [0.25, 0.3) is 0 Å². The lowest BCUT2D eigenvalue weighted by Gasteiger charge is -2.29. The van der Waals surface area contributed by atoms with E-state index in [1.54, 1.807) is 48.5 Å². The van der Waals surface area contributed by atoms with Gasteiger partial charge in [0.05, 0.1) is 7.11 Å². The topological polar surface area (TPSA) is 67.4 Å². The van der Waals surface area contributed by atoms with Crippen LogP contribution in [0.5, 0.6) is 0 Å². The molecule has 27 heavy (non-hydrogen) atoms. The summed E-state index contributed by atoms with van der Waals surface area (Å²) in [5.41, 5.74) is 0.652. The van der Waals surface area contributed by atoms with E-state index in [0.29, 0.717) is 5.69 Å². The first-order valence-corrected chi connectivity index (χ1v) is 8.77. The smallest absolute Gasteiger partial charge is 0.348 e. The molecule has 0 heterocycles. The molecule has 2 aromatic rings. The van der Waals surface area contributed by atoms with E-state index in [-0.39, 0.29) is 11.3 Å². The van der Waals surface area contributed by atoms with Gasteiger partial charge in [0, 0.05) is 11.4 Å². The van der Waals surface area contributed by atoms with Crippen molar-refractivity contribution in [1.82, 2.24) is 5.32 Å². The minimum atomic E-state index is -3.85. The number of alkyl halides is 2. The number of hydrogen-bond acceptors (Lipinski definition) is 5. The highest BCUT2D eigenvalue weighted by atomic mass is 32.1. The Morgan fingerprint density at radius 1 is 1.07 bits per heavy atom. The summed E-state index contributed by atoms with van der Waals surface area (Å²) in [4.78, 5) is 23.9. The molecule has 2 atom stereocenters. The van der Waals surface area contributed by atoms with E-state index in [9.17, 15) is 9.59 Å². The first-order chi connectivity index (χ1) is 12.9. The van der Waals surface area contributed by atoms with Gasteiger partial charge in [-0.05, 0) is 17.7 Å². The number of anilines is 1. The number of amides is 1. The molecule has 1 amide bonds. The number of ether oxygens (including phenoxy) is 1. The largest absolute Gasteiger partial charge is 0.467 e. The maximum absolute atomic E-state index is 15.1. The maximum atomic E-state index is 15.1. The molecule has 0 aliphatic carbocycles.